The number of benzene rings is 1. The van der Waals surface area contributed by atoms with Crippen LogP contribution < -0.4 is 9.80 Å². The second kappa shape index (κ2) is 12.1. The smallest absolute Gasteiger partial charge is 0.304 e. The van der Waals surface area contributed by atoms with Crippen molar-refractivity contribution in [1.82, 2.24) is 9.97 Å². The van der Waals surface area contributed by atoms with Gasteiger partial charge < -0.3 is 9.84 Å². The first-order valence-corrected chi connectivity index (χ1v) is 15.3. The van der Waals surface area contributed by atoms with Gasteiger partial charge in [-0.1, -0.05) is 24.3 Å². The number of rotatable bonds is 10. The Balaban J connectivity index is 1.25. The number of nitrogens with zero attached hydrogens (tertiary/aromatic N) is 4. The molecule has 3 fully saturated rings. The first-order valence-electron chi connectivity index (χ1n) is 14.4. The van der Waals surface area contributed by atoms with Crippen LogP contribution >= 0.6 is 11.3 Å². The van der Waals surface area contributed by atoms with Crippen molar-refractivity contribution in [3.63, 3.8) is 0 Å². The Morgan fingerprint density at radius 2 is 1.88 bits per heavy atom. The number of aliphatic carboxylic acids is 1. The van der Waals surface area contributed by atoms with Crippen LogP contribution in [0, 0.1) is 11.8 Å². The summed E-state index contributed by atoms with van der Waals surface area (Å²) in [4.78, 5) is 50.8. The maximum atomic E-state index is 13.9. The van der Waals surface area contributed by atoms with Crippen molar-refractivity contribution in [1.29, 1.82) is 0 Å². The summed E-state index contributed by atoms with van der Waals surface area (Å²) >= 11 is 1.42. The SMILES string of the molecule is O=C(O)C[C@@H](CC1CCOCC1)C(=O)N(c1nc(-c2ccccc2-c2ccc(N3CCCC3=O)nc2)cs1)C1CC1. The van der Waals surface area contributed by atoms with Gasteiger partial charge in [0.05, 0.1) is 12.1 Å². The van der Waals surface area contributed by atoms with Crippen molar-refractivity contribution in [3.05, 3.63) is 48.0 Å². The van der Waals surface area contributed by atoms with Gasteiger partial charge in [0.25, 0.3) is 0 Å². The summed E-state index contributed by atoms with van der Waals surface area (Å²) in [5.41, 5.74) is 3.56. The van der Waals surface area contributed by atoms with Crippen LogP contribution in [0.3, 0.4) is 0 Å². The molecule has 0 unspecified atom stereocenters. The molecule has 1 saturated carbocycles. The van der Waals surface area contributed by atoms with Gasteiger partial charge in [-0.05, 0) is 62.1 Å². The Morgan fingerprint density at radius 3 is 2.54 bits per heavy atom. The lowest BCUT2D eigenvalue weighted by Gasteiger charge is -2.29. The summed E-state index contributed by atoms with van der Waals surface area (Å²) in [7, 11) is 0. The van der Waals surface area contributed by atoms with Crippen molar-refractivity contribution in [2.24, 2.45) is 11.8 Å². The number of ether oxygens (including phenoxy) is 1. The van der Waals surface area contributed by atoms with Crippen LogP contribution in [0.2, 0.25) is 0 Å². The van der Waals surface area contributed by atoms with Gasteiger partial charge >= 0.3 is 5.97 Å². The average molecular weight is 575 g/mol. The Labute approximate surface area is 243 Å². The van der Waals surface area contributed by atoms with Gasteiger partial charge in [0.1, 0.15) is 5.82 Å². The third-order valence-electron chi connectivity index (χ3n) is 8.19. The topological polar surface area (TPSA) is 113 Å². The zero-order valence-electron chi connectivity index (χ0n) is 22.9. The fraction of sp³-hybridized carbons (Fsp3) is 0.452. The monoisotopic (exact) mass is 574 g/mol. The highest BCUT2D eigenvalue weighted by molar-refractivity contribution is 7.14. The van der Waals surface area contributed by atoms with Crippen molar-refractivity contribution < 1.29 is 24.2 Å². The van der Waals surface area contributed by atoms with Crippen LogP contribution in [0.1, 0.15) is 51.4 Å². The quantitative estimate of drug-likeness (QED) is 0.345. The fourth-order valence-electron chi connectivity index (χ4n) is 5.88. The first kappa shape index (κ1) is 27.5. The number of hydrogen-bond donors (Lipinski definition) is 1. The van der Waals surface area contributed by atoms with E-state index in [1.54, 1.807) is 16.0 Å². The number of aromatic nitrogens is 2. The van der Waals surface area contributed by atoms with Crippen molar-refractivity contribution in [2.45, 2.75) is 57.4 Å². The summed E-state index contributed by atoms with van der Waals surface area (Å²) in [5.74, 6) is -0.600. The Kier molecular flexibility index (Phi) is 8.11. The van der Waals surface area contributed by atoms with Gasteiger partial charge in [0, 0.05) is 60.8 Å². The molecule has 2 amide bonds. The lowest BCUT2D eigenvalue weighted by molar-refractivity contribution is -0.141. The van der Waals surface area contributed by atoms with E-state index in [-0.39, 0.29) is 24.3 Å². The molecule has 2 aliphatic heterocycles. The van der Waals surface area contributed by atoms with Crippen LogP contribution in [0.15, 0.2) is 48.0 Å². The van der Waals surface area contributed by atoms with Crippen LogP contribution in [0.4, 0.5) is 10.9 Å². The Bertz CT molecular complexity index is 1410. The van der Waals surface area contributed by atoms with Crippen LogP contribution in [0.25, 0.3) is 22.4 Å². The van der Waals surface area contributed by atoms with E-state index in [2.05, 4.69) is 4.98 Å². The molecule has 214 valence electrons. The second-order valence-electron chi connectivity index (χ2n) is 11.1. The number of anilines is 2. The lowest BCUT2D eigenvalue weighted by atomic mass is 9.86. The van der Waals surface area contributed by atoms with Gasteiger partial charge in [-0.3, -0.25) is 24.2 Å². The number of carboxylic acids is 1. The van der Waals surface area contributed by atoms with E-state index in [1.165, 1.54) is 11.3 Å². The number of hydrogen-bond acceptors (Lipinski definition) is 7. The third kappa shape index (κ3) is 6.18. The number of amides is 2. The predicted octanol–water partition coefficient (Wildman–Crippen LogP) is 5.40. The molecular formula is C31H34N4O5S. The molecule has 1 atom stereocenters. The molecule has 3 aromatic rings. The molecule has 6 rings (SSSR count). The molecule has 0 radical (unpaired) electrons. The zero-order chi connectivity index (χ0) is 28.3. The van der Waals surface area contributed by atoms with Gasteiger partial charge in [-0.2, -0.15) is 0 Å². The van der Waals surface area contributed by atoms with Gasteiger partial charge in [-0.25, -0.2) is 9.97 Å². The zero-order valence-corrected chi connectivity index (χ0v) is 23.7. The van der Waals surface area contributed by atoms with E-state index in [1.807, 2.05) is 41.8 Å². The number of carbonyl (C=O) groups excluding carboxylic acids is 2. The number of thiazole rings is 1. The van der Waals surface area contributed by atoms with E-state index >= 15 is 0 Å². The molecule has 10 heteroatoms. The maximum Gasteiger partial charge on any atom is 0.304 e. The van der Waals surface area contributed by atoms with Crippen molar-refractivity contribution >= 4 is 40.1 Å². The highest BCUT2D eigenvalue weighted by Gasteiger charge is 2.40. The van der Waals surface area contributed by atoms with Crippen molar-refractivity contribution in [3.8, 4) is 22.4 Å². The summed E-state index contributed by atoms with van der Waals surface area (Å²) in [6, 6.07) is 11.9. The third-order valence-corrected chi connectivity index (χ3v) is 9.03. The molecule has 0 spiro atoms. The van der Waals surface area contributed by atoms with E-state index < -0.39 is 11.9 Å². The fourth-order valence-corrected chi connectivity index (χ4v) is 6.78. The summed E-state index contributed by atoms with van der Waals surface area (Å²) < 4.78 is 5.47. The second-order valence-corrected chi connectivity index (χ2v) is 12.0. The normalized spacial score (nSPS) is 18.4. The van der Waals surface area contributed by atoms with E-state index in [0.717, 1.165) is 54.5 Å². The molecule has 1 aliphatic carbocycles. The summed E-state index contributed by atoms with van der Waals surface area (Å²) in [6.45, 7) is 2.02. The van der Waals surface area contributed by atoms with Crippen LogP contribution in [0.5, 0.6) is 0 Å². The van der Waals surface area contributed by atoms with E-state index in [4.69, 9.17) is 9.72 Å². The van der Waals surface area contributed by atoms with Gasteiger partial charge in [-0.15, -0.1) is 11.3 Å². The van der Waals surface area contributed by atoms with Gasteiger partial charge in [0.2, 0.25) is 11.8 Å². The molecule has 2 saturated heterocycles. The van der Waals surface area contributed by atoms with Crippen LogP contribution in [-0.4, -0.2) is 58.7 Å². The van der Waals surface area contributed by atoms with Crippen molar-refractivity contribution in [2.75, 3.05) is 29.6 Å². The molecule has 1 N–H and O–H groups in total. The maximum absolute atomic E-state index is 13.9. The molecule has 1 aromatic carbocycles. The number of pyridine rings is 1. The van der Waals surface area contributed by atoms with E-state index in [9.17, 15) is 19.5 Å². The predicted molar refractivity (Wildman–Crippen MR) is 157 cm³/mol. The number of carbonyl (C=O) groups is 3. The molecule has 0 bridgehead atoms. The Morgan fingerprint density at radius 1 is 1.10 bits per heavy atom. The van der Waals surface area contributed by atoms with Gasteiger partial charge in [0.15, 0.2) is 5.13 Å². The highest BCUT2D eigenvalue weighted by Crippen LogP contribution is 2.40. The average Bonchev–Trinajstić information content (AvgIpc) is 3.53. The minimum Gasteiger partial charge on any atom is -0.481 e. The molecule has 9 nitrogen and oxygen atoms in total. The molecule has 4 heterocycles. The highest BCUT2D eigenvalue weighted by atomic mass is 32.1. The lowest BCUT2D eigenvalue weighted by Crippen LogP contribution is -2.40. The molecular weight excluding hydrogens is 540 g/mol. The largest absolute Gasteiger partial charge is 0.481 e. The number of carboxylic acid groups (broad SMARTS) is 1. The van der Waals surface area contributed by atoms with E-state index in [0.29, 0.717) is 49.5 Å². The molecule has 3 aliphatic rings. The first-order chi connectivity index (χ1) is 20.0. The molecule has 2 aromatic heterocycles. The van der Waals surface area contributed by atoms with Crippen LogP contribution in [-0.2, 0) is 19.1 Å². The minimum absolute atomic E-state index is 0.0627. The minimum atomic E-state index is -0.950. The summed E-state index contributed by atoms with van der Waals surface area (Å²) in [6.07, 6.45) is 7.09. The summed E-state index contributed by atoms with van der Waals surface area (Å²) in [5, 5.41) is 12.2. The standard InChI is InChI=1S/C31H34N4O5S/c36-28-6-3-13-34(28)27-10-7-21(18-32-27)24-4-1-2-5-25(24)26-19-41-31(33-26)35(23-8-9-23)30(39)22(17-29(37)38)16-20-11-14-40-15-12-20/h1-2,4-5,7,10,18-20,22-23H,3,6,8-9,11-17H2,(H,37,38)/t22-/m1/s1. The Hall–Kier alpha value is -3.63. The molecule has 41 heavy (non-hydrogen) atoms.